The standard InChI is InChI=1S/C6H13NO2.C5H10N2O3.C5H11NO2/c1-3-4(2)5(7)6(8)9;6-3(5(9)10)1-2-4(7)8;1-3(2)4(6)5(7)8/h4-5H,3,7H2,1-2H3,(H,8,9);3H,1-2,6H2,(H2,7,8)(H,9,10);3-4H,6H2,1-2H3,(H,7,8). The van der Waals surface area contributed by atoms with Crippen LogP contribution in [0.5, 0.6) is 0 Å². The number of carbonyl (C=O) groups is 4. The van der Waals surface area contributed by atoms with Gasteiger partial charge in [-0.3, -0.25) is 19.2 Å². The summed E-state index contributed by atoms with van der Waals surface area (Å²) in [5, 5.41) is 24.8. The van der Waals surface area contributed by atoms with E-state index in [9.17, 15) is 19.2 Å². The monoisotopic (exact) mass is 394 g/mol. The first-order chi connectivity index (χ1) is 12.2. The fourth-order valence-electron chi connectivity index (χ4n) is 1.20. The highest BCUT2D eigenvalue weighted by Gasteiger charge is 2.17. The molecule has 11 heteroatoms. The molecule has 11 N–H and O–H groups in total. The van der Waals surface area contributed by atoms with Gasteiger partial charge in [0.05, 0.1) is 0 Å². The molecule has 27 heavy (non-hydrogen) atoms. The lowest BCUT2D eigenvalue weighted by Crippen LogP contribution is -2.36. The summed E-state index contributed by atoms with van der Waals surface area (Å²) < 4.78 is 0. The van der Waals surface area contributed by atoms with E-state index in [4.69, 9.17) is 38.3 Å². The lowest BCUT2D eigenvalue weighted by Gasteiger charge is -2.11. The van der Waals surface area contributed by atoms with Gasteiger partial charge in [-0.05, 0) is 18.3 Å². The predicted octanol–water partition coefficient (Wildman–Crippen LogP) is -0.837. The van der Waals surface area contributed by atoms with Gasteiger partial charge >= 0.3 is 17.9 Å². The summed E-state index contributed by atoms with van der Waals surface area (Å²) in [6.45, 7) is 7.31. The second kappa shape index (κ2) is 16.0. The van der Waals surface area contributed by atoms with Crippen LogP contribution >= 0.6 is 0 Å². The molecule has 0 fully saturated rings. The van der Waals surface area contributed by atoms with Crippen LogP contribution in [0.25, 0.3) is 0 Å². The highest BCUT2D eigenvalue weighted by Crippen LogP contribution is 2.04. The number of primary amides is 1. The summed E-state index contributed by atoms with van der Waals surface area (Å²) >= 11 is 0. The molecule has 0 aliphatic heterocycles. The Labute approximate surface area is 159 Å². The summed E-state index contributed by atoms with van der Waals surface area (Å²) in [5.41, 5.74) is 20.2. The van der Waals surface area contributed by atoms with Crippen molar-refractivity contribution in [2.45, 2.75) is 65.1 Å². The fourth-order valence-corrected chi connectivity index (χ4v) is 1.20. The van der Waals surface area contributed by atoms with Crippen molar-refractivity contribution >= 4 is 23.8 Å². The van der Waals surface area contributed by atoms with Crippen molar-refractivity contribution in [3.63, 3.8) is 0 Å². The SMILES string of the molecule is CC(C)C(N)C(=O)O.CCC(C)C(N)C(=O)O.NC(=O)CCC(N)C(=O)O. The van der Waals surface area contributed by atoms with E-state index >= 15 is 0 Å². The van der Waals surface area contributed by atoms with E-state index in [1.165, 1.54) is 0 Å². The molecule has 1 amide bonds. The van der Waals surface area contributed by atoms with Crippen LogP contribution in [0.3, 0.4) is 0 Å². The van der Waals surface area contributed by atoms with Crippen LogP contribution in [0.15, 0.2) is 0 Å². The number of carboxylic acids is 3. The molecule has 4 unspecified atom stereocenters. The Bertz CT molecular complexity index is 472. The summed E-state index contributed by atoms with van der Waals surface area (Å²) in [5.74, 6) is -3.39. The number of carbonyl (C=O) groups excluding carboxylic acids is 1. The van der Waals surface area contributed by atoms with Crippen molar-refractivity contribution < 1.29 is 34.5 Å². The summed E-state index contributed by atoms with van der Waals surface area (Å²) in [4.78, 5) is 40.3. The number of aliphatic carboxylic acids is 3. The minimum atomic E-state index is -1.11. The van der Waals surface area contributed by atoms with E-state index in [1.807, 2.05) is 13.8 Å². The molecular formula is C16H34N4O7. The average molecular weight is 394 g/mol. The van der Waals surface area contributed by atoms with Gasteiger partial charge in [-0.15, -0.1) is 0 Å². The first-order valence-electron chi connectivity index (χ1n) is 8.42. The van der Waals surface area contributed by atoms with Gasteiger partial charge in [0, 0.05) is 6.42 Å². The van der Waals surface area contributed by atoms with Crippen molar-refractivity contribution in [1.29, 1.82) is 0 Å². The molecule has 0 radical (unpaired) electrons. The van der Waals surface area contributed by atoms with E-state index in [2.05, 4.69) is 0 Å². The van der Waals surface area contributed by atoms with Gasteiger partial charge in [-0.2, -0.15) is 0 Å². The Morgan fingerprint density at radius 3 is 1.37 bits per heavy atom. The van der Waals surface area contributed by atoms with Crippen LogP contribution in [0, 0.1) is 11.8 Å². The molecule has 0 heterocycles. The van der Waals surface area contributed by atoms with Crippen molar-refractivity contribution in [2.75, 3.05) is 0 Å². The fraction of sp³-hybridized carbons (Fsp3) is 0.750. The smallest absolute Gasteiger partial charge is 0.320 e. The number of hydrogen-bond acceptors (Lipinski definition) is 7. The van der Waals surface area contributed by atoms with Crippen LogP contribution in [0.1, 0.15) is 47.0 Å². The van der Waals surface area contributed by atoms with Crippen LogP contribution in [-0.2, 0) is 19.2 Å². The summed E-state index contributed by atoms with van der Waals surface area (Å²) in [7, 11) is 0. The average Bonchev–Trinajstić information content (AvgIpc) is 2.57. The van der Waals surface area contributed by atoms with Crippen molar-refractivity contribution in [2.24, 2.45) is 34.8 Å². The highest BCUT2D eigenvalue weighted by molar-refractivity contribution is 5.77. The normalized spacial score (nSPS) is 14.4. The minimum Gasteiger partial charge on any atom is -0.480 e. The molecule has 0 saturated carbocycles. The third kappa shape index (κ3) is 18.4. The van der Waals surface area contributed by atoms with Gasteiger partial charge in [0.1, 0.15) is 18.1 Å². The second-order valence-corrected chi connectivity index (χ2v) is 6.31. The molecule has 160 valence electrons. The van der Waals surface area contributed by atoms with E-state index in [0.717, 1.165) is 6.42 Å². The van der Waals surface area contributed by atoms with Crippen molar-refractivity contribution in [3.05, 3.63) is 0 Å². The lowest BCUT2D eigenvalue weighted by atomic mass is 10.0. The summed E-state index contributed by atoms with van der Waals surface area (Å²) in [6.07, 6.45) is 0.936. The number of nitrogens with two attached hydrogens (primary N) is 4. The number of amides is 1. The van der Waals surface area contributed by atoms with Gasteiger partial charge in [-0.25, -0.2) is 0 Å². The van der Waals surface area contributed by atoms with Crippen LogP contribution in [-0.4, -0.2) is 57.3 Å². The topological polar surface area (TPSA) is 233 Å². The Balaban J connectivity index is -0.000000322. The molecule has 4 atom stereocenters. The molecule has 0 aliphatic rings. The lowest BCUT2D eigenvalue weighted by molar-refractivity contribution is -0.140. The predicted molar refractivity (Wildman–Crippen MR) is 99.6 cm³/mol. The van der Waals surface area contributed by atoms with E-state index in [0.29, 0.717) is 0 Å². The molecule has 0 bridgehead atoms. The molecule has 0 saturated heterocycles. The molecule has 0 aromatic carbocycles. The molecule has 0 aliphatic carbocycles. The Morgan fingerprint density at radius 2 is 1.22 bits per heavy atom. The van der Waals surface area contributed by atoms with Crippen molar-refractivity contribution in [1.82, 2.24) is 0 Å². The zero-order valence-corrected chi connectivity index (χ0v) is 16.3. The Hall–Kier alpha value is -2.24. The van der Waals surface area contributed by atoms with Gasteiger partial charge in [-0.1, -0.05) is 34.1 Å². The first-order valence-corrected chi connectivity index (χ1v) is 8.42. The van der Waals surface area contributed by atoms with E-state index in [-0.39, 0.29) is 24.7 Å². The molecular weight excluding hydrogens is 360 g/mol. The van der Waals surface area contributed by atoms with Crippen LogP contribution in [0.4, 0.5) is 0 Å². The van der Waals surface area contributed by atoms with E-state index < -0.39 is 41.9 Å². The van der Waals surface area contributed by atoms with Crippen molar-refractivity contribution in [3.8, 4) is 0 Å². The zero-order valence-electron chi connectivity index (χ0n) is 16.3. The largest absolute Gasteiger partial charge is 0.480 e. The third-order valence-corrected chi connectivity index (χ3v) is 3.56. The maximum absolute atomic E-state index is 10.2. The Kier molecular flexibility index (Phi) is 17.5. The molecule has 0 aromatic heterocycles. The van der Waals surface area contributed by atoms with Gasteiger partial charge in [0.15, 0.2) is 0 Å². The quantitative estimate of drug-likeness (QED) is 0.256. The molecule has 0 spiro atoms. The number of carboxylic acid groups (broad SMARTS) is 3. The van der Waals surface area contributed by atoms with Gasteiger partial charge in [0.2, 0.25) is 5.91 Å². The minimum absolute atomic E-state index is 0.0208. The zero-order chi connectivity index (χ0) is 22.3. The van der Waals surface area contributed by atoms with E-state index in [1.54, 1.807) is 13.8 Å². The second-order valence-electron chi connectivity index (χ2n) is 6.31. The number of hydrogen-bond donors (Lipinski definition) is 7. The number of rotatable bonds is 9. The maximum Gasteiger partial charge on any atom is 0.320 e. The first kappa shape index (κ1) is 29.5. The van der Waals surface area contributed by atoms with Crippen LogP contribution in [0.2, 0.25) is 0 Å². The maximum atomic E-state index is 10.2. The molecule has 0 rings (SSSR count). The molecule has 11 nitrogen and oxygen atoms in total. The van der Waals surface area contributed by atoms with Gasteiger partial charge < -0.3 is 38.3 Å². The highest BCUT2D eigenvalue weighted by atomic mass is 16.4. The van der Waals surface area contributed by atoms with Crippen LogP contribution < -0.4 is 22.9 Å². The third-order valence-electron chi connectivity index (χ3n) is 3.56. The van der Waals surface area contributed by atoms with Gasteiger partial charge in [0.25, 0.3) is 0 Å². The summed E-state index contributed by atoms with van der Waals surface area (Å²) in [6, 6.07) is -2.39. The Morgan fingerprint density at radius 1 is 0.815 bits per heavy atom. The molecule has 0 aromatic rings.